The summed E-state index contributed by atoms with van der Waals surface area (Å²) in [7, 11) is 1.55. The Kier molecular flexibility index (Phi) is 3.42. The van der Waals surface area contributed by atoms with Crippen LogP contribution in [0.1, 0.15) is 17.3 Å². The first kappa shape index (κ1) is 12.3. The molecule has 2 rings (SSSR count). The first-order valence-electron chi connectivity index (χ1n) is 5.56. The van der Waals surface area contributed by atoms with Crippen LogP contribution in [0, 0.1) is 5.82 Å². The van der Waals surface area contributed by atoms with Crippen molar-refractivity contribution in [3.8, 4) is 16.9 Å². The second-order valence-corrected chi connectivity index (χ2v) is 3.97. The molecule has 0 aromatic heterocycles. The van der Waals surface area contributed by atoms with Crippen LogP contribution in [0.5, 0.6) is 5.75 Å². The number of hydrogen-bond acceptors (Lipinski definition) is 2. The first-order valence-corrected chi connectivity index (χ1v) is 5.56. The van der Waals surface area contributed by atoms with E-state index in [0.717, 1.165) is 11.1 Å². The monoisotopic (exact) mass is 244 g/mol. The second kappa shape index (κ2) is 5.00. The Morgan fingerprint density at radius 1 is 1.11 bits per heavy atom. The van der Waals surface area contributed by atoms with Gasteiger partial charge in [-0.05, 0) is 48.4 Å². The molecule has 0 heterocycles. The number of Topliss-reactive ketones (excluding diaryl/α,β-unsaturated/α-hetero) is 1. The Labute approximate surface area is 105 Å². The van der Waals surface area contributed by atoms with Gasteiger partial charge in [0.25, 0.3) is 0 Å². The van der Waals surface area contributed by atoms with E-state index in [0.29, 0.717) is 11.3 Å². The van der Waals surface area contributed by atoms with E-state index in [9.17, 15) is 9.18 Å². The Morgan fingerprint density at radius 3 is 2.33 bits per heavy atom. The third-order valence-electron chi connectivity index (χ3n) is 2.76. The van der Waals surface area contributed by atoms with Crippen LogP contribution in [0.4, 0.5) is 4.39 Å². The third kappa shape index (κ3) is 2.40. The smallest absolute Gasteiger partial charge is 0.160 e. The lowest BCUT2D eigenvalue weighted by atomic mass is 9.97. The van der Waals surface area contributed by atoms with Gasteiger partial charge in [0.1, 0.15) is 11.6 Å². The molecule has 0 N–H and O–H groups in total. The maximum absolute atomic E-state index is 12.9. The topological polar surface area (TPSA) is 26.3 Å². The fourth-order valence-corrected chi connectivity index (χ4v) is 1.82. The van der Waals surface area contributed by atoms with Crippen molar-refractivity contribution in [2.45, 2.75) is 6.92 Å². The summed E-state index contributed by atoms with van der Waals surface area (Å²) in [5.74, 6) is 0.288. The summed E-state index contributed by atoms with van der Waals surface area (Å²) in [6.07, 6.45) is 0. The SMILES string of the molecule is COc1ccc(-c2ccc(F)cc2)c(C(C)=O)c1. The van der Waals surface area contributed by atoms with Gasteiger partial charge >= 0.3 is 0 Å². The molecule has 0 amide bonds. The summed E-state index contributed by atoms with van der Waals surface area (Å²) in [4.78, 5) is 11.6. The number of hydrogen-bond donors (Lipinski definition) is 0. The summed E-state index contributed by atoms with van der Waals surface area (Å²) in [6.45, 7) is 1.50. The highest BCUT2D eigenvalue weighted by atomic mass is 19.1. The molecule has 0 saturated heterocycles. The molecule has 2 nitrogen and oxygen atoms in total. The molecule has 3 heteroatoms. The fourth-order valence-electron chi connectivity index (χ4n) is 1.82. The summed E-state index contributed by atoms with van der Waals surface area (Å²) < 4.78 is 18.0. The van der Waals surface area contributed by atoms with E-state index in [1.807, 2.05) is 6.07 Å². The minimum absolute atomic E-state index is 0.0479. The lowest BCUT2D eigenvalue weighted by molar-refractivity contribution is 0.101. The van der Waals surface area contributed by atoms with Crippen molar-refractivity contribution < 1.29 is 13.9 Å². The van der Waals surface area contributed by atoms with Crippen molar-refractivity contribution in [3.63, 3.8) is 0 Å². The molecule has 0 saturated carbocycles. The minimum atomic E-state index is -0.295. The molecule has 2 aromatic carbocycles. The molecular formula is C15H13FO2. The molecule has 0 bridgehead atoms. The second-order valence-electron chi connectivity index (χ2n) is 3.97. The molecule has 18 heavy (non-hydrogen) atoms. The predicted octanol–water partition coefficient (Wildman–Crippen LogP) is 3.70. The zero-order valence-electron chi connectivity index (χ0n) is 10.2. The lowest BCUT2D eigenvalue weighted by Gasteiger charge is -2.09. The molecule has 0 atom stereocenters. The highest BCUT2D eigenvalue weighted by Gasteiger charge is 2.10. The number of halogens is 1. The molecule has 92 valence electrons. The summed E-state index contributed by atoms with van der Waals surface area (Å²) in [6, 6.07) is 11.4. The maximum atomic E-state index is 12.9. The molecule has 0 aliphatic heterocycles. The van der Waals surface area contributed by atoms with Gasteiger partial charge in [-0.1, -0.05) is 12.1 Å². The molecule has 2 aromatic rings. The Bertz CT molecular complexity index is 574. The van der Waals surface area contributed by atoms with Gasteiger partial charge in [-0.3, -0.25) is 4.79 Å². The van der Waals surface area contributed by atoms with Crippen LogP contribution < -0.4 is 4.74 Å². The van der Waals surface area contributed by atoms with E-state index in [-0.39, 0.29) is 11.6 Å². The molecule has 0 aliphatic rings. The number of carbonyl (C=O) groups excluding carboxylic acids is 1. The maximum Gasteiger partial charge on any atom is 0.160 e. The van der Waals surface area contributed by atoms with Crippen molar-refractivity contribution >= 4 is 5.78 Å². The number of rotatable bonds is 3. The molecule has 0 spiro atoms. The summed E-state index contributed by atoms with van der Waals surface area (Å²) in [5, 5.41) is 0. The van der Waals surface area contributed by atoms with Gasteiger partial charge in [-0.2, -0.15) is 0 Å². The van der Waals surface area contributed by atoms with Gasteiger partial charge in [0, 0.05) is 5.56 Å². The van der Waals surface area contributed by atoms with Crippen LogP contribution in [0.15, 0.2) is 42.5 Å². The van der Waals surface area contributed by atoms with E-state index < -0.39 is 0 Å². The number of ether oxygens (including phenoxy) is 1. The van der Waals surface area contributed by atoms with Crippen LogP contribution in [-0.4, -0.2) is 12.9 Å². The van der Waals surface area contributed by atoms with Gasteiger partial charge in [-0.25, -0.2) is 4.39 Å². The van der Waals surface area contributed by atoms with Crippen LogP contribution in [0.3, 0.4) is 0 Å². The van der Waals surface area contributed by atoms with Crippen LogP contribution in [0.25, 0.3) is 11.1 Å². The molecule has 0 aliphatic carbocycles. The van der Waals surface area contributed by atoms with E-state index in [1.165, 1.54) is 19.1 Å². The predicted molar refractivity (Wildman–Crippen MR) is 68.4 cm³/mol. The summed E-state index contributed by atoms with van der Waals surface area (Å²) >= 11 is 0. The highest BCUT2D eigenvalue weighted by molar-refractivity contribution is 6.01. The molecule has 0 fully saturated rings. The zero-order chi connectivity index (χ0) is 13.1. The van der Waals surface area contributed by atoms with Gasteiger partial charge in [0.2, 0.25) is 0 Å². The lowest BCUT2D eigenvalue weighted by Crippen LogP contribution is -1.97. The highest BCUT2D eigenvalue weighted by Crippen LogP contribution is 2.27. The number of methoxy groups -OCH3 is 1. The van der Waals surface area contributed by atoms with E-state index in [4.69, 9.17) is 4.74 Å². The van der Waals surface area contributed by atoms with Crippen LogP contribution in [0.2, 0.25) is 0 Å². The average molecular weight is 244 g/mol. The quantitative estimate of drug-likeness (QED) is 0.769. The van der Waals surface area contributed by atoms with Crippen LogP contribution in [-0.2, 0) is 0 Å². The molecular weight excluding hydrogens is 231 g/mol. The number of carbonyl (C=O) groups is 1. The Morgan fingerprint density at radius 2 is 1.78 bits per heavy atom. The van der Waals surface area contributed by atoms with Gasteiger partial charge in [0.05, 0.1) is 7.11 Å². The van der Waals surface area contributed by atoms with Crippen molar-refractivity contribution in [1.29, 1.82) is 0 Å². The third-order valence-corrected chi connectivity index (χ3v) is 2.76. The summed E-state index contributed by atoms with van der Waals surface area (Å²) in [5.41, 5.74) is 2.16. The Hall–Kier alpha value is -2.16. The largest absolute Gasteiger partial charge is 0.497 e. The van der Waals surface area contributed by atoms with Gasteiger partial charge in [0.15, 0.2) is 5.78 Å². The molecule has 0 radical (unpaired) electrons. The number of benzene rings is 2. The van der Waals surface area contributed by atoms with Gasteiger partial charge in [-0.15, -0.1) is 0 Å². The van der Waals surface area contributed by atoms with Crippen molar-refractivity contribution in [2.24, 2.45) is 0 Å². The van der Waals surface area contributed by atoms with E-state index in [2.05, 4.69) is 0 Å². The zero-order valence-corrected chi connectivity index (χ0v) is 10.2. The van der Waals surface area contributed by atoms with Crippen molar-refractivity contribution in [3.05, 3.63) is 53.8 Å². The minimum Gasteiger partial charge on any atom is -0.497 e. The number of ketones is 1. The van der Waals surface area contributed by atoms with Gasteiger partial charge < -0.3 is 4.74 Å². The average Bonchev–Trinajstić information content (AvgIpc) is 2.39. The van der Waals surface area contributed by atoms with Crippen molar-refractivity contribution in [1.82, 2.24) is 0 Å². The van der Waals surface area contributed by atoms with Crippen molar-refractivity contribution in [2.75, 3.05) is 7.11 Å². The van der Waals surface area contributed by atoms with Crippen LogP contribution >= 0.6 is 0 Å². The fraction of sp³-hybridized carbons (Fsp3) is 0.133. The normalized spacial score (nSPS) is 10.2. The Balaban J connectivity index is 2.56. The van der Waals surface area contributed by atoms with E-state index >= 15 is 0 Å². The van der Waals surface area contributed by atoms with E-state index in [1.54, 1.807) is 31.4 Å². The first-order chi connectivity index (χ1) is 8.61. The standard InChI is InChI=1S/C15H13FO2/c1-10(17)15-9-13(18-2)7-8-14(15)11-3-5-12(16)6-4-11/h3-9H,1-2H3. The molecule has 0 unspecified atom stereocenters.